The molecule has 0 spiro atoms. The zero-order valence-corrected chi connectivity index (χ0v) is 14.8. The SMILES string of the molecule is CC(C)[C@H]1CN(C(=O)c2ccn[nH]2)CCCN1Cc1ccc(F)cc1. The van der Waals surface area contributed by atoms with Crippen LogP contribution in [-0.2, 0) is 6.54 Å². The van der Waals surface area contributed by atoms with Crippen molar-refractivity contribution in [1.82, 2.24) is 20.0 Å². The highest BCUT2D eigenvalue weighted by atomic mass is 19.1. The van der Waals surface area contributed by atoms with Crippen LogP contribution in [0.3, 0.4) is 0 Å². The predicted octanol–water partition coefficient (Wildman–Crippen LogP) is 2.92. The van der Waals surface area contributed by atoms with E-state index >= 15 is 0 Å². The Labute approximate surface area is 147 Å². The Balaban J connectivity index is 1.74. The normalized spacial score (nSPS) is 19.2. The van der Waals surface area contributed by atoms with Crippen LogP contribution in [0.1, 0.15) is 36.3 Å². The molecule has 6 heteroatoms. The van der Waals surface area contributed by atoms with Crippen LogP contribution in [0.2, 0.25) is 0 Å². The molecule has 1 saturated heterocycles. The molecule has 0 unspecified atom stereocenters. The highest BCUT2D eigenvalue weighted by Crippen LogP contribution is 2.21. The molecule has 1 atom stereocenters. The third kappa shape index (κ3) is 4.25. The minimum atomic E-state index is -0.212. The Morgan fingerprint density at radius 1 is 1.28 bits per heavy atom. The third-order valence-corrected chi connectivity index (χ3v) is 4.84. The fourth-order valence-corrected chi connectivity index (χ4v) is 3.45. The lowest BCUT2D eigenvalue weighted by atomic mass is 10.0. The third-order valence-electron chi connectivity index (χ3n) is 4.84. The van der Waals surface area contributed by atoms with Crippen molar-refractivity contribution in [2.75, 3.05) is 19.6 Å². The van der Waals surface area contributed by atoms with Crippen LogP contribution >= 0.6 is 0 Å². The first-order valence-electron chi connectivity index (χ1n) is 8.81. The van der Waals surface area contributed by atoms with E-state index in [-0.39, 0.29) is 17.8 Å². The van der Waals surface area contributed by atoms with Crippen LogP contribution in [0.4, 0.5) is 4.39 Å². The minimum absolute atomic E-state index is 0.00628. The second-order valence-corrected chi connectivity index (χ2v) is 6.98. The van der Waals surface area contributed by atoms with Crippen molar-refractivity contribution in [2.45, 2.75) is 32.9 Å². The van der Waals surface area contributed by atoms with Gasteiger partial charge in [-0.25, -0.2) is 4.39 Å². The summed E-state index contributed by atoms with van der Waals surface area (Å²) in [4.78, 5) is 17.0. The number of nitrogens with one attached hydrogen (secondary N) is 1. The number of H-pyrrole nitrogens is 1. The van der Waals surface area contributed by atoms with E-state index in [1.807, 2.05) is 17.0 Å². The Bertz CT molecular complexity index is 684. The Morgan fingerprint density at radius 3 is 2.68 bits per heavy atom. The Morgan fingerprint density at radius 2 is 2.04 bits per heavy atom. The molecular formula is C19H25FN4O. The summed E-state index contributed by atoms with van der Waals surface area (Å²) in [6, 6.07) is 8.67. The topological polar surface area (TPSA) is 52.2 Å². The molecule has 134 valence electrons. The van der Waals surface area contributed by atoms with E-state index in [2.05, 4.69) is 28.9 Å². The number of carbonyl (C=O) groups is 1. The fourth-order valence-electron chi connectivity index (χ4n) is 3.45. The highest BCUT2D eigenvalue weighted by molar-refractivity contribution is 5.92. The molecule has 2 heterocycles. The first kappa shape index (κ1) is 17.6. The molecule has 1 fully saturated rings. The monoisotopic (exact) mass is 344 g/mol. The van der Waals surface area contributed by atoms with Gasteiger partial charge in [-0.3, -0.25) is 14.8 Å². The summed E-state index contributed by atoms with van der Waals surface area (Å²) >= 11 is 0. The molecule has 5 nitrogen and oxygen atoms in total. The number of rotatable bonds is 4. The molecule has 0 radical (unpaired) electrons. The van der Waals surface area contributed by atoms with Crippen LogP contribution in [0.25, 0.3) is 0 Å². The maximum atomic E-state index is 13.1. The van der Waals surface area contributed by atoms with Crippen molar-refractivity contribution < 1.29 is 9.18 Å². The zero-order chi connectivity index (χ0) is 17.8. The Hall–Kier alpha value is -2.21. The van der Waals surface area contributed by atoms with Gasteiger partial charge < -0.3 is 4.90 Å². The molecule has 1 N–H and O–H groups in total. The number of aromatic nitrogens is 2. The molecule has 2 aromatic rings. The van der Waals surface area contributed by atoms with E-state index in [9.17, 15) is 9.18 Å². The standard InChI is InChI=1S/C19H25FN4O/c1-14(2)18-13-24(19(25)17-8-9-21-22-17)11-3-10-23(18)12-15-4-6-16(20)7-5-15/h4-9,14,18H,3,10-13H2,1-2H3,(H,21,22)/t18-/m1/s1. The van der Waals surface area contributed by atoms with Gasteiger partial charge in [-0.2, -0.15) is 5.10 Å². The molecule has 0 bridgehead atoms. The lowest BCUT2D eigenvalue weighted by Gasteiger charge is -2.34. The van der Waals surface area contributed by atoms with Gasteiger partial charge in [0.05, 0.1) is 0 Å². The van der Waals surface area contributed by atoms with Crippen molar-refractivity contribution >= 4 is 5.91 Å². The minimum Gasteiger partial charge on any atom is -0.336 e. The largest absolute Gasteiger partial charge is 0.336 e. The van der Waals surface area contributed by atoms with E-state index < -0.39 is 0 Å². The average molecular weight is 344 g/mol. The number of carbonyl (C=O) groups excluding carboxylic acids is 1. The van der Waals surface area contributed by atoms with Gasteiger partial charge in [0, 0.05) is 38.4 Å². The fraction of sp³-hybridized carbons (Fsp3) is 0.474. The quantitative estimate of drug-likeness (QED) is 0.928. The number of hydrogen-bond acceptors (Lipinski definition) is 3. The summed E-state index contributed by atoms with van der Waals surface area (Å²) in [5.41, 5.74) is 1.63. The van der Waals surface area contributed by atoms with Crippen molar-refractivity contribution in [3.63, 3.8) is 0 Å². The summed E-state index contributed by atoms with van der Waals surface area (Å²) in [6.45, 7) is 7.50. The van der Waals surface area contributed by atoms with Gasteiger partial charge in [-0.05, 0) is 36.1 Å². The van der Waals surface area contributed by atoms with Gasteiger partial charge in [0.2, 0.25) is 0 Å². The van der Waals surface area contributed by atoms with Crippen molar-refractivity contribution in [1.29, 1.82) is 0 Å². The van der Waals surface area contributed by atoms with Crippen LogP contribution in [0.5, 0.6) is 0 Å². The van der Waals surface area contributed by atoms with Crippen LogP contribution in [0.15, 0.2) is 36.5 Å². The average Bonchev–Trinajstić information content (AvgIpc) is 3.04. The predicted molar refractivity (Wildman–Crippen MR) is 94.5 cm³/mol. The molecule has 3 rings (SSSR count). The number of hydrogen-bond donors (Lipinski definition) is 1. The van der Waals surface area contributed by atoms with Crippen LogP contribution in [-0.4, -0.2) is 51.6 Å². The smallest absolute Gasteiger partial charge is 0.271 e. The van der Waals surface area contributed by atoms with E-state index in [1.165, 1.54) is 12.1 Å². The van der Waals surface area contributed by atoms with E-state index in [0.29, 0.717) is 18.2 Å². The summed E-state index contributed by atoms with van der Waals surface area (Å²) in [5, 5.41) is 6.64. The molecule has 1 aromatic carbocycles. The molecule has 0 aliphatic carbocycles. The van der Waals surface area contributed by atoms with Gasteiger partial charge in [0.25, 0.3) is 5.91 Å². The number of amides is 1. The molecule has 0 saturated carbocycles. The van der Waals surface area contributed by atoms with Crippen molar-refractivity contribution in [3.8, 4) is 0 Å². The number of aromatic amines is 1. The number of nitrogens with zero attached hydrogens (tertiary/aromatic N) is 3. The molecule has 1 aliphatic heterocycles. The Kier molecular flexibility index (Phi) is 5.48. The van der Waals surface area contributed by atoms with Gasteiger partial charge >= 0.3 is 0 Å². The lowest BCUT2D eigenvalue weighted by Crippen LogP contribution is -2.45. The molecule has 1 aromatic heterocycles. The molecule has 1 aliphatic rings. The van der Waals surface area contributed by atoms with E-state index in [4.69, 9.17) is 0 Å². The van der Waals surface area contributed by atoms with Crippen molar-refractivity contribution in [3.05, 3.63) is 53.6 Å². The van der Waals surface area contributed by atoms with Gasteiger partial charge in [-0.15, -0.1) is 0 Å². The first-order chi connectivity index (χ1) is 12.0. The van der Waals surface area contributed by atoms with Gasteiger partial charge in [0.1, 0.15) is 11.5 Å². The maximum Gasteiger partial charge on any atom is 0.271 e. The van der Waals surface area contributed by atoms with E-state index in [1.54, 1.807) is 12.3 Å². The van der Waals surface area contributed by atoms with E-state index in [0.717, 1.165) is 31.6 Å². The number of benzene rings is 1. The molecule has 1 amide bonds. The summed E-state index contributed by atoms with van der Waals surface area (Å²) < 4.78 is 13.1. The summed E-state index contributed by atoms with van der Waals surface area (Å²) in [5.74, 6) is 0.207. The highest BCUT2D eigenvalue weighted by Gasteiger charge is 2.30. The molecular weight excluding hydrogens is 319 g/mol. The maximum absolute atomic E-state index is 13.1. The van der Waals surface area contributed by atoms with Crippen LogP contribution < -0.4 is 0 Å². The zero-order valence-electron chi connectivity index (χ0n) is 14.8. The number of halogens is 1. The van der Waals surface area contributed by atoms with Crippen molar-refractivity contribution in [2.24, 2.45) is 5.92 Å². The van der Waals surface area contributed by atoms with Crippen LogP contribution in [0, 0.1) is 11.7 Å². The first-order valence-corrected chi connectivity index (χ1v) is 8.81. The summed E-state index contributed by atoms with van der Waals surface area (Å²) in [6.07, 6.45) is 2.52. The van der Waals surface area contributed by atoms with Gasteiger partial charge in [-0.1, -0.05) is 26.0 Å². The molecule has 25 heavy (non-hydrogen) atoms. The summed E-state index contributed by atoms with van der Waals surface area (Å²) in [7, 11) is 0. The lowest BCUT2D eigenvalue weighted by molar-refractivity contribution is 0.0696. The second-order valence-electron chi connectivity index (χ2n) is 6.98. The van der Waals surface area contributed by atoms with Gasteiger partial charge in [0.15, 0.2) is 0 Å². The second kappa shape index (κ2) is 7.78.